The molecule has 16 heteroatoms. The van der Waals surface area contributed by atoms with Crippen molar-refractivity contribution in [2.45, 2.75) is 94.8 Å². The number of nitrogens with zero attached hydrogens (tertiary/aromatic N) is 1. The summed E-state index contributed by atoms with van der Waals surface area (Å²) in [4.78, 5) is 88.9. The first-order chi connectivity index (χ1) is 28.9. The van der Waals surface area contributed by atoms with Gasteiger partial charge in [0.2, 0.25) is 35.4 Å². The summed E-state index contributed by atoms with van der Waals surface area (Å²) < 4.78 is 0. The van der Waals surface area contributed by atoms with Crippen molar-refractivity contribution in [1.82, 2.24) is 31.6 Å². The summed E-state index contributed by atoms with van der Waals surface area (Å²) in [6.07, 6.45) is 4.96. The van der Waals surface area contributed by atoms with E-state index in [9.17, 15) is 28.8 Å². The fraction of sp³-hybridized carbons (Fsp3) is 0.386. The molecule has 60 heavy (non-hydrogen) atoms. The summed E-state index contributed by atoms with van der Waals surface area (Å²) in [5, 5.41) is 14.9. The molecule has 0 unspecified atom stereocenters. The van der Waals surface area contributed by atoms with Crippen LogP contribution in [0.5, 0.6) is 0 Å². The van der Waals surface area contributed by atoms with Crippen LogP contribution in [0.1, 0.15) is 67.7 Å². The number of para-hydroxylation sites is 1. The van der Waals surface area contributed by atoms with Crippen LogP contribution >= 0.6 is 0 Å². The van der Waals surface area contributed by atoms with E-state index >= 15 is 0 Å². The van der Waals surface area contributed by atoms with Crippen LogP contribution < -0.4 is 43.8 Å². The Bertz CT molecular complexity index is 2170. The van der Waals surface area contributed by atoms with Gasteiger partial charge in [-0.15, -0.1) is 0 Å². The van der Waals surface area contributed by atoms with E-state index in [0.29, 0.717) is 19.3 Å². The number of nitrogens with one attached hydrogen (secondary N) is 6. The molecule has 1 aliphatic carbocycles. The third kappa shape index (κ3) is 12.4. The number of aliphatic imine (C=N–C) groups is 1. The third-order valence-electron chi connectivity index (χ3n) is 10.7. The van der Waals surface area contributed by atoms with Crippen LogP contribution in [-0.4, -0.2) is 83.1 Å². The van der Waals surface area contributed by atoms with E-state index in [2.05, 4.69) is 36.6 Å². The quantitative estimate of drug-likeness (QED) is 0.0335. The zero-order valence-electron chi connectivity index (χ0n) is 33.9. The molecule has 12 N–H and O–H groups in total. The molecule has 5 rings (SSSR count). The molecule has 318 valence electrons. The van der Waals surface area contributed by atoms with Crippen LogP contribution in [-0.2, 0) is 54.5 Å². The van der Waals surface area contributed by atoms with Crippen molar-refractivity contribution in [2.24, 2.45) is 22.2 Å². The Kier molecular flexibility index (Phi) is 15.8. The molecular weight excluding hydrogens is 765 g/mol. The molecule has 4 atom stereocenters. The van der Waals surface area contributed by atoms with Crippen LogP contribution in [0.3, 0.4) is 0 Å². The van der Waals surface area contributed by atoms with E-state index in [1.165, 1.54) is 0 Å². The lowest BCUT2D eigenvalue weighted by molar-refractivity contribution is -0.137. The molecule has 1 heterocycles. The second kappa shape index (κ2) is 21.3. The number of guanidine groups is 1. The van der Waals surface area contributed by atoms with Crippen LogP contribution in [0.2, 0.25) is 0 Å². The minimum absolute atomic E-state index is 0.0386. The second-order valence-electron chi connectivity index (χ2n) is 15.2. The highest BCUT2D eigenvalue weighted by atomic mass is 16.2. The number of aromatic nitrogens is 1. The number of fused-ring (bicyclic) bond motifs is 2. The van der Waals surface area contributed by atoms with E-state index in [1.807, 2.05) is 85.8 Å². The largest absolute Gasteiger partial charge is 0.370 e. The minimum atomic E-state index is -1.33. The van der Waals surface area contributed by atoms with Gasteiger partial charge in [0.05, 0.1) is 6.54 Å². The molecule has 0 saturated heterocycles. The fourth-order valence-electron chi connectivity index (χ4n) is 7.46. The summed E-state index contributed by atoms with van der Waals surface area (Å²) in [5.41, 5.74) is 19.4. The van der Waals surface area contributed by atoms with E-state index in [4.69, 9.17) is 17.2 Å². The zero-order valence-corrected chi connectivity index (χ0v) is 33.9. The molecule has 0 fully saturated rings. The topological polar surface area (TPSA) is 269 Å². The van der Waals surface area contributed by atoms with Crippen molar-refractivity contribution < 1.29 is 28.8 Å². The summed E-state index contributed by atoms with van der Waals surface area (Å²) in [7, 11) is 0. The monoisotopic (exact) mass is 820 g/mol. The molecule has 0 aliphatic heterocycles. The number of aromatic amines is 1. The van der Waals surface area contributed by atoms with Crippen molar-refractivity contribution >= 4 is 52.3 Å². The summed E-state index contributed by atoms with van der Waals surface area (Å²) in [5.74, 6) is -3.70. The summed E-state index contributed by atoms with van der Waals surface area (Å²) >= 11 is 0. The number of H-pyrrole nitrogens is 1. The van der Waals surface area contributed by atoms with Gasteiger partial charge in [-0.2, -0.15) is 0 Å². The summed E-state index contributed by atoms with van der Waals surface area (Å²) in [6.45, 7) is 1.67. The van der Waals surface area contributed by atoms with Gasteiger partial charge in [0.15, 0.2) is 5.96 Å². The average Bonchev–Trinajstić information content (AvgIpc) is 3.65. The van der Waals surface area contributed by atoms with Crippen molar-refractivity contribution in [2.75, 3.05) is 13.1 Å². The first kappa shape index (κ1) is 44.4. The van der Waals surface area contributed by atoms with E-state index in [1.54, 1.807) is 6.20 Å². The van der Waals surface area contributed by atoms with Gasteiger partial charge in [-0.25, -0.2) is 0 Å². The van der Waals surface area contributed by atoms with Crippen molar-refractivity contribution in [3.63, 3.8) is 0 Å². The molecule has 0 spiro atoms. The molecule has 1 aliphatic rings. The Morgan fingerprint density at radius 3 is 2.17 bits per heavy atom. The van der Waals surface area contributed by atoms with Crippen LogP contribution in [0.25, 0.3) is 10.9 Å². The molecule has 6 amide bonds. The maximum Gasteiger partial charge on any atom is 0.246 e. The zero-order chi connectivity index (χ0) is 43.1. The van der Waals surface area contributed by atoms with E-state index in [-0.39, 0.29) is 56.9 Å². The second-order valence-corrected chi connectivity index (χ2v) is 15.2. The number of hydrogen-bond acceptors (Lipinski definition) is 7. The molecule has 0 radical (unpaired) electrons. The van der Waals surface area contributed by atoms with Crippen molar-refractivity contribution in [3.05, 3.63) is 107 Å². The van der Waals surface area contributed by atoms with E-state index in [0.717, 1.165) is 39.6 Å². The number of primary amides is 1. The van der Waals surface area contributed by atoms with Gasteiger partial charge in [-0.3, -0.25) is 33.8 Å². The van der Waals surface area contributed by atoms with Crippen LogP contribution in [0.15, 0.2) is 90.1 Å². The fourth-order valence-corrected chi connectivity index (χ4v) is 7.46. The Morgan fingerprint density at radius 2 is 1.43 bits per heavy atom. The average molecular weight is 821 g/mol. The van der Waals surface area contributed by atoms with Crippen LogP contribution in [0, 0.1) is 0 Å². The molecular formula is C44H56N10O6. The number of unbranched alkanes of at least 4 members (excludes halogenated alkanes) is 1. The highest BCUT2D eigenvalue weighted by Gasteiger charge is 2.44. The lowest BCUT2D eigenvalue weighted by Crippen LogP contribution is -2.65. The maximum absolute atomic E-state index is 14.6. The molecule has 0 bridgehead atoms. The van der Waals surface area contributed by atoms with Crippen molar-refractivity contribution in [1.29, 1.82) is 0 Å². The first-order valence-electron chi connectivity index (χ1n) is 20.4. The van der Waals surface area contributed by atoms with Crippen molar-refractivity contribution in [3.8, 4) is 0 Å². The molecule has 0 saturated carbocycles. The number of aryl methyl sites for hydroxylation is 1. The molecule has 1 aromatic heterocycles. The summed E-state index contributed by atoms with van der Waals surface area (Å²) in [6, 6.07) is 20.8. The maximum atomic E-state index is 14.6. The SMILES string of the molecule is CCCCC(=O)N[C@@]1(C(=O)N[C@H](Cc2ccccc2)C(=O)N[C@@H](CCCN=C(N)N)C(=O)N[C@@H](Cc2c[nH]c3ccccc23)C(=O)NCC(N)=O)CCc2ccccc2C1. The lowest BCUT2D eigenvalue weighted by atomic mass is 9.77. The van der Waals surface area contributed by atoms with Gasteiger partial charge < -0.3 is 48.8 Å². The predicted octanol–water partition coefficient (Wildman–Crippen LogP) is 1.30. The van der Waals surface area contributed by atoms with Crippen LogP contribution in [0.4, 0.5) is 0 Å². The van der Waals surface area contributed by atoms with Gasteiger partial charge in [-0.1, -0.05) is 86.1 Å². The Hall–Kier alpha value is -6.71. The number of carbonyl (C=O) groups is 6. The van der Waals surface area contributed by atoms with Gasteiger partial charge in [0, 0.05) is 49.3 Å². The number of nitrogens with two attached hydrogens (primary N) is 3. The normalized spacial score (nSPS) is 15.9. The van der Waals surface area contributed by atoms with Gasteiger partial charge >= 0.3 is 0 Å². The Morgan fingerprint density at radius 1 is 0.767 bits per heavy atom. The van der Waals surface area contributed by atoms with E-state index < -0.39 is 59.7 Å². The number of rotatable bonds is 21. The first-order valence-corrected chi connectivity index (χ1v) is 20.4. The molecule has 16 nitrogen and oxygen atoms in total. The highest BCUT2D eigenvalue weighted by molar-refractivity contribution is 5.98. The number of hydrogen-bond donors (Lipinski definition) is 9. The Balaban J connectivity index is 1.43. The van der Waals surface area contributed by atoms with Gasteiger partial charge in [0.1, 0.15) is 23.7 Å². The number of amides is 6. The smallest absolute Gasteiger partial charge is 0.246 e. The number of carbonyl (C=O) groups excluding carboxylic acids is 6. The molecule has 4 aromatic rings. The minimum Gasteiger partial charge on any atom is -0.370 e. The Labute approximate surface area is 349 Å². The lowest BCUT2D eigenvalue weighted by Gasteiger charge is -2.38. The van der Waals surface area contributed by atoms with Gasteiger partial charge in [-0.05, 0) is 60.4 Å². The van der Waals surface area contributed by atoms with Gasteiger partial charge in [0.25, 0.3) is 0 Å². The third-order valence-corrected chi connectivity index (χ3v) is 10.7. The standard InChI is InChI=1S/C44H56N10O6/c1-2-3-19-38(56)54-44(21-20-29-14-7-8-15-30(29)25-44)42(60)53-35(23-28-12-5-4-6-13-28)41(59)51-34(18-11-22-48-43(46)47)40(58)52-36(39(57)50-27-37(45)55)24-31-26-49-33-17-10-9-16-32(31)33/h4-10,12-17,26,34-36,49H,2-3,11,18-25,27H2,1H3,(H2,45,55)(H,50,57)(H,51,59)(H,52,58)(H,53,60)(H,54,56)(H4,46,47,48)/t34-,35+,36-,44-/m0/s1. The predicted molar refractivity (Wildman–Crippen MR) is 229 cm³/mol. The highest BCUT2D eigenvalue weighted by Crippen LogP contribution is 2.30. The number of benzene rings is 3. The molecule has 3 aromatic carbocycles.